The van der Waals surface area contributed by atoms with Crippen molar-refractivity contribution in [3.8, 4) is 0 Å². The molecule has 0 bridgehead atoms. The van der Waals surface area contributed by atoms with Crippen molar-refractivity contribution in [2.45, 2.75) is 19.4 Å². The third-order valence-electron chi connectivity index (χ3n) is 2.79. The van der Waals surface area contributed by atoms with Gasteiger partial charge in [0.1, 0.15) is 11.6 Å². The molecule has 1 saturated heterocycles. The second-order valence-electron chi connectivity index (χ2n) is 3.92. The minimum Gasteiger partial charge on any atom is -0.391 e. The summed E-state index contributed by atoms with van der Waals surface area (Å²) >= 11 is 0. The van der Waals surface area contributed by atoms with E-state index in [1.54, 1.807) is 4.90 Å². The van der Waals surface area contributed by atoms with Crippen molar-refractivity contribution in [2.24, 2.45) is 0 Å². The van der Waals surface area contributed by atoms with Gasteiger partial charge in [0.05, 0.1) is 6.10 Å². The van der Waals surface area contributed by atoms with Crippen LogP contribution in [0, 0.1) is 18.6 Å². The fraction of sp³-hybridized carbons (Fsp3) is 0.455. The van der Waals surface area contributed by atoms with Crippen LogP contribution in [0.25, 0.3) is 0 Å². The molecule has 1 N–H and O–H groups in total. The Morgan fingerprint density at radius 2 is 1.93 bits per heavy atom. The van der Waals surface area contributed by atoms with E-state index < -0.39 is 17.7 Å². The minimum atomic E-state index is -0.536. The molecule has 1 atom stereocenters. The molecule has 0 radical (unpaired) electrons. The van der Waals surface area contributed by atoms with Crippen molar-refractivity contribution in [1.82, 2.24) is 0 Å². The van der Waals surface area contributed by atoms with Crippen LogP contribution in [0.2, 0.25) is 0 Å². The summed E-state index contributed by atoms with van der Waals surface area (Å²) in [7, 11) is 0. The van der Waals surface area contributed by atoms with Gasteiger partial charge >= 0.3 is 0 Å². The lowest BCUT2D eigenvalue weighted by atomic mass is 10.2. The van der Waals surface area contributed by atoms with Crippen LogP contribution in [0.4, 0.5) is 14.5 Å². The van der Waals surface area contributed by atoms with Crippen LogP contribution in [0.3, 0.4) is 0 Å². The SMILES string of the molecule is Cc1c(F)cc(N2CC[C@@H](O)C2)cc1F. The molecule has 0 aliphatic carbocycles. The molecule has 2 rings (SSSR count). The van der Waals surface area contributed by atoms with Crippen LogP contribution in [-0.4, -0.2) is 24.3 Å². The summed E-state index contributed by atoms with van der Waals surface area (Å²) in [6, 6.07) is 2.63. The molecule has 0 unspecified atom stereocenters. The average molecular weight is 213 g/mol. The fourth-order valence-electron chi connectivity index (χ4n) is 1.79. The van der Waals surface area contributed by atoms with Gasteiger partial charge < -0.3 is 10.0 Å². The molecular formula is C11H13F2NO. The van der Waals surface area contributed by atoms with Crippen LogP contribution in [0.15, 0.2) is 12.1 Å². The largest absolute Gasteiger partial charge is 0.391 e. The van der Waals surface area contributed by atoms with Crippen LogP contribution >= 0.6 is 0 Å². The molecular weight excluding hydrogens is 200 g/mol. The number of rotatable bonds is 1. The van der Waals surface area contributed by atoms with E-state index >= 15 is 0 Å². The maximum Gasteiger partial charge on any atom is 0.131 e. The Balaban J connectivity index is 2.29. The van der Waals surface area contributed by atoms with Crippen molar-refractivity contribution in [1.29, 1.82) is 0 Å². The van der Waals surface area contributed by atoms with Gasteiger partial charge in [0.2, 0.25) is 0 Å². The van der Waals surface area contributed by atoms with Gasteiger partial charge in [0.25, 0.3) is 0 Å². The molecule has 1 fully saturated rings. The first-order valence-corrected chi connectivity index (χ1v) is 4.96. The predicted octanol–water partition coefficient (Wildman–Crippen LogP) is 1.84. The molecule has 0 aromatic heterocycles. The highest BCUT2D eigenvalue weighted by Gasteiger charge is 2.21. The van der Waals surface area contributed by atoms with E-state index in [0.29, 0.717) is 25.2 Å². The van der Waals surface area contributed by atoms with Gasteiger partial charge in [0.15, 0.2) is 0 Å². The molecule has 1 aromatic rings. The Kier molecular flexibility index (Phi) is 2.61. The first-order valence-electron chi connectivity index (χ1n) is 4.96. The Morgan fingerprint density at radius 1 is 1.33 bits per heavy atom. The van der Waals surface area contributed by atoms with Crippen LogP contribution < -0.4 is 4.90 Å². The summed E-state index contributed by atoms with van der Waals surface area (Å²) in [5.41, 5.74) is 0.547. The molecule has 0 spiro atoms. The molecule has 82 valence electrons. The zero-order chi connectivity index (χ0) is 11.0. The van der Waals surface area contributed by atoms with E-state index in [1.807, 2.05) is 0 Å². The molecule has 0 amide bonds. The topological polar surface area (TPSA) is 23.5 Å². The number of β-amino-alcohol motifs (C(OH)–C–C–N with tert-alkyl or cyclic N) is 1. The van der Waals surface area contributed by atoms with E-state index in [-0.39, 0.29) is 5.56 Å². The summed E-state index contributed by atoms with van der Waals surface area (Å²) in [5.74, 6) is -1.07. The van der Waals surface area contributed by atoms with Gasteiger partial charge in [-0.05, 0) is 25.5 Å². The quantitative estimate of drug-likeness (QED) is 0.769. The monoisotopic (exact) mass is 213 g/mol. The van der Waals surface area contributed by atoms with Crippen molar-refractivity contribution in [3.63, 3.8) is 0 Å². The molecule has 15 heavy (non-hydrogen) atoms. The maximum atomic E-state index is 13.3. The summed E-state index contributed by atoms with van der Waals surface area (Å²) in [5, 5.41) is 9.32. The van der Waals surface area contributed by atoms with Crippen molar-refractivity contribution in [3.05, 3.63) is 29.3 Å². The molecule has 1 aromatic carbocycles. The number of aliphatic hydroxyl groups excluding tert-OH is 1. The minimum absolute atomic E-state index is 0.0403. The Morgan fingerprint density at radius 3 is 2.40 bits per heavy atom. The number of aliphatic hydroxyl groups is 1. The summed E-state index contributed by atoms with van der Waals surface area (Å²) < 4.78 is 26.5. The maximum absolute atomic E-state index is 13.3. The number of nitrogens with zero attached hydrogens (tertiary/aromatic N) is 1. The lowest BCUT2D eigenvalue weighted by molar-refractivity contribution is 0.198. The number of hydrogen-bond acceptors (Lipinski definition) is 2. The lowest BCUT2D eigenvalue weighted by Crippen LogP contribution is -2.21. The molecule has 2 nitrogen and oxygen atoms in total. The van der Waals surface area contributed by atoms with E-state index in [1.165, 1.54) is 19.1 Å². The van der Waals surface area contributed by atoms with Gasteiger partial charge in [-0.3, -0.25) is 0 Å². The third kappa shape index (κ3) is 1.95. The van der Waals surface area contributed by atoms with Gasteiger partial charge in [-0.15, -0.1) is 0 Å². The molecule has 0 saturated carbocycles. The Bertz CT molecular complexity index is 358. The highest BCUT2D eigenvalue weighted by Crippen LogP contribution is 2.24. The van der Waals surface area contributed by atoms with Crippen molar-refractivity contribution >= 4 is 5.69 Å². The zero-order valence-electron chi connectivity index (χ0n) is 8.50. The van der Waals surface area contributed by atoms with Crippen LogP contribution in [0.1, 0.15) is 12.0 Å². The van der Waals surface area contributed by atoms with Crippen LogP contribution in [-0.2, 0) is 0 Å². The van der Waals surface area contributed by atoms with Crippen LogP contribution in [0.5, 0.6) is 0 Å². The summed E-state index contributed by atoms with van der Waals surface area (Å²) in [6.45, 7) is 2.50. The first-order chi connectivity index (χ1) is 7.08. The van der Waals surface area contributed by atoms with E-state index in [0.717, 1.165) is 0 Å². The standard InChI is InChI=1S/C11H13F2NO/c1-7-10(12)4-8(5-11(7)13)14-3-2-9(15)6-14/h4-5,9,15H,2-3,6H2,1H3/t9-/m1/s1. The predicted molar refractivity (Wildman–Crippen MR) is 53.9 cm³/mol. The smallest absolute Gasteiger partial charge is 0.131 e. The van der Waals surface area contributed by atoms with Crippen molar-refractivity contribution < 1.29 is 13.9 Å². The molecule has 4 heteroatoms. The summed E-state index contributed by atoms with van der Waals surface area (Å²) in [6.07, 6.45) is 0.259. The lowest BCUT2D eigenvalue weighted by Gasteiger charge is -2.18. The fourth-order valence-corrected chi connectivity index (χ4v) is 1.79. The zero-order valence-corrected chi connectivity index (χ0v) is 8.50. The summed E-state index contributed by atoms with van der Waals surface area (Å²) in [4.78, 5) is 1.79. The average Bonchev–Trinajstić information content (AvgIpc) is 2.60. The van der Waals surface area contributed by atoms with E-state index in [9.17, 15) is 13.9 Å². The first kappa shape index (κ1) is 10.4. The number of anilines is 1. The Hall–Kier alpha value is -1.16. The van der Waals surface area contributed by atoms with Gasteiger partial charge in [-0.2, -0.15) is 0 Å². The number of benzene rings is 1. The van der Waals surface area contributed by atoms with Gasteiger partial charge in [-0.25, -0.2) is 8.78 Å². The molecule has 1 aliphatic heterocycles. The number of halogens is 2. The highest BCUT2D eigenvalue weighted by atomic mass is 19.1. The normalized spacial score (nSPS) is 21.1. The highest BCUT2D eigenvalue weighted by molar-refractivity contribution is 5.49. The van der Waals surface area contributed by atoms with Crippen molar-refractivity contribution in [2.75, 3.05) is 18.0 Å². The third-order valence-corrected chi connectivity index (χ3v) is 2.79. The Labute approximate surface area is 87.1 Å². The molecule has 1 aliphatic rings. The number of hydrogen-bond donors (Lipinski definition) is 1. The van der Waals surface area contributed by atoms with E-state index in [4.69, 9.17) is 0 Å². The van der Waals surface area contributed by atoms with E-state index in [2.05, 4.69) is 0 Å². The molecule has 1 heterocycles. The van der Waals surface area contributed by atoms with Gasteiger partial charge in [-0.1, -0.05) is 0 Å². The van der Waals surface area contributed by atoms with Gasteiger partial charge in [0, 0.05) is 24.3 Å². The second kappa shape index (κ2) is 3.77. The second-order valence-corrected chi connectivity index (χ2v) is 3.92.